The first-order valence-electron chi connectivity index (χ1n) is 7.37. The van der Waals surface area contributed by atoms with Gasteiger partial charge in [-0.15, -0.1) is 0 Å². The van der Waals surface area contributed by atoms with Crippen molar-refractivity contribution in [3.8, 4) is 16.9 Å². The van der Waals surface area contributed by atoms with Crippen LogP contribution in [-0.4, -0.2) is 11.6 Å². The Morgan fingerprint density at radius 1 is 1.08 bits per heavy atom. The lowest BCUT2D eigenvalue weighted by Gasteiger charge is -2.16. The van der Waals surface area contributed by atoms with E-state index in [1.807, 2.05) is 0 Å². The van der Waals surface area contributed by atoms with Gasteiger partial charge in [0.1, 0.15) is 5.75 Å². The molecule has 0 fully saturated rings. The van der Waals surface area contributed by atoms with E-state index in [1.54, 1.807) is 25.1 Å². The summed E-state index contributed by atoms with van der Waals surface area (Å²) in [7, 11) is 0. The van der Waals surface area contributed by atoms with Gasteiger partial charge < -0.3 is 9.72 Å². The van der Waals surface area contributed by atoms with Gasteiger partial charge in [-0.05, 0) is 30.7 Å². The summed E-state index contributed by atoms with van der Waals surface area (Å²) in [6.45, 7) is 2.15. The van der Waals surface area contributed by atoms with E-state index in [4.69, 9.17) is 4.74 Å². The Morgan fingerprint density at radius 3 is 2.54 bits per heavy atom. The Balaban J connectivity index is 2.37. The van der Waals surface area contributed by atoms with Gasteiger partial charge in [0.05, 0.1) is 17.7 Å². The van der Waals surface area contributed by atoms with Gasteiger partial charge in [0.25, 0.3) is 5.56 Å². The molecule has 0 aliphatic carbocycles. The number of pyridine rings is 1. The normalized spacial score (nSPS) is 11.7. The van der Waals surface area contributed by atoms with Crippen molar-refractivity contribution in [3.63, 3.8) is 0 Å². The Morgan fingerprint density at radius 2 is 1.83 bits per heavy atom. The number of halogens is 3. The highest BCUT2D eigenvalue weighted by atomic mass is 19.4. The van der Waals surface area contributed by atoms with Gasteiger partial charge in [-0.25, -0.2) is 0 Å². The highest BCUT2D eigenvalue weighted by Crippen LogP contribution is 2.39. The van der Waals surface area contributed by atoms with Crippen LogP contribution in [0.25, 0.3) is 22.0 Å². The number of ether oxygens (including phenoxy) is 1. The summed E-state index contributed by atoms with van der Waals surface area (Å²) in [6, 6.07) is 12.0. The van der Waals surface area contributed by atoms with Crippen LogP contribution in [0.2, 0.25) is 0 Å². The summed E-state index contributed by atoms with van der Waals surface area (Å²) < 4.78 is 46.5. The minimum Gasteiger partial charge on any atom is -0.494 e. The fourth-order valence-electron chi connectivity index (χ4n) is 2.72. The van der Waals surface area contributed by atoms with Crippen molar-refractivity contribution in [2.24, 2.45) is 0 Å². The lowest BCUT2D eigenvalue weighted by Crippen LogP contribution is -2.18. The van der Waals surface area contributed by atoms with Gasteiger partial charge in [-0.2, -0.15) is 13.2 Å². The quantitative estimate of drug-likeness (QED) is 0.760. The van der Waals surface area contributed by atoms with Crippen molar-refractivity contribution in [2.75, 3.05) is 6.61 Å². The molecule has 0 bridgehead atoms. The third-order valence-corrected chi connectivity index (χ3v) is 3.64. The predicted octanol–water partition coefficient (Wildman–Crippen LogP) is 4.61. The van der Waals surface area contributed by atoms with Crippen molar-refractivity contribution in [1.82, 2.24) is 4.98 Å². The summed E-state index contributed by atoms with van der Waals surface area (Å²) in [6.07, 6.45) is -4.66. The Bertz CT molecular complexity index is 945. The topological polar surface area (TPSA) is 42.1 Å². The third-order valence-electron chi connectivity index (χ3n) is 3.64. The highest BCUT2D eigenvalue weighted by Gasteiger charge is 2.37. The van der Waals surface area contributed by atoms with E-state index in [1.165, 1.54) is 30.3 Å². The lowest BCUT2D eigenvalue weighted by atomic mass is 9.97. The average Bonchev–Trinajstić information content (AvgIpc) is 2.53. The van der Waals surface area contributed by atoms with Crippen molar-refractivity contribution < 1.29 is 17.9 Å². The van der Waals surface area contributed by atoms with E-state index in [0.29, 0.717) is 12.4 Å². The lowest BCUT2D eigenvalue weighted by molar-refractivity contribution is -0.135. The summed E-state index contributed by atoms with van der Waals surface area (Å²) in [5.74, 6) is 0.413. The molecule has 6 heteroatoms. The second-order valence-electron chi connectivity index (χ2n) is 5.21. The van der Waals surface area contributed by atoms with Gasteiger partial charge in [-0.3, -0.25) is 4.79 Å². The van der Waals surface area contributed by atoms with Crippen LogP contribution in [0.1, 0.15) is 12.5 Å². The molecule has 3 aromatic rings. The number of nitrogens with one attached hydrogen (secondary N) is 1. The standard InChI is InChI=1S/C18H14F3NO2/c1-2-24-12-7-5-6-11(10-12)15-16(18(19,20)21)13-8-3-4-9-14(13)22-17(15)23/h3-10H,2H2,1H3,(H,22,23). The van der Waals surface area contributed by atoms with E-state index in [2.05, 4.69) is 4.98 Å². The molecule has 0 aliphatic heterocycles. The Hall–Kier alpha value is -2.76. The molecule has 2 aromatic carbocycles. The summed E-state index contributed by atoms with van der Waals surface area (Å²) in [5, 5.41) is -0.0404. The van der Waals surface area contributed by atoms with Crippen LogP contribution in [0, 0.1) is 0 Å². The van der Waals surface area contributed by atoms with Crippen LogP contribution in [-0.2, 0) is 6.18 Å². The fourth-order valence-corrected chi connectivity index (χ4v) is 2.72. The van der Waals surface area contributed by atoms with Crippen molar-refractivity contribution in [3.05, 3.63) is 64.4 Å². The second-order valence-corrected chi connectivity index (χ2v) is 5.21. The molecule has 0 saturated carbocycles. The Kier molecular flexibility index (Phi) is 4.05. The molecule has 24 heavy (non-hydrogen) atoms. The number of para-hydroxylation sites is 1. The number of benzene rings is 2. The monoisotopic (exact) mass is 333 g/mol. The number of hydrogen-bond acceptors (Lipinski definition) is 2. The SMILES string of the molecule is CCOc1cccc(-c2c(C(F)(F)F)c3ccccc3[nH]c2=O)c1. The van der Waals surface area contributed by atoms with Crippen molar-refractivity contribution in [1.29, 1.82) is 0 Å². The smallest absolute Gasteiger partial charge is 0.417 e. The zero-order valence-electron chi connectivity index (χ0n) is 12.8. The highest BCUT2D eigenvalue weighted by molar-refractivity contribution is 5.89. The average molecular weight is 333 g/mol. The maximum atomic E-state index is 13.7. The third kappa shape index (κ3) is 2.87. The summed E-state index contributed by atoms with van der Waals surface area (Å²) in [4.78, 5) is 14.9. The van der Waals surface area contributed by atoms with Crippen LogP contribution in [0.3, 0.4) is 0 Å². The largest absolute Gasteiger partial charge is 0.494 e. The molecule has 124 valence electrons. The van der Waals surface area contributed by atoms with E-state index < -0.39 is 22.9 Å². The molecule has 0 atom stereocenters. The van der Waals surface area contributed by atoms with Crippen LogP contribution in [0.4, 0.5) is 13.2 Å². The Labute approximate surface area is 135 Å². The molecule has 1 N–H and O–H groups in total. The number of alkyl halides is 3. The van der Waals surface area contributed by atoms with Gasteiger partial charge in [0, 0.05) is 10.9 Å². The van der Waals surface area contributed by atoms with Crippen LogP contribution in [0.5, 0.6) is 5.75 Å². The first kappa shape index (κ1) is 16.1. The van der Waals surface area contributed by atoms with Gasteiger partial charge in [-0.1, -0.05) is 30.3 Å². The van der Waals surface area contributed by atoms with Crippen molar-refractivity contribution >= 4 is 10.9 Å². The van der Waals surface area contributed by atoms with E-state index in [-0.39, 0.29) is 16.5 Å². The molecule has 0 spiro atoms. The summed E-state index contributed by atoms with van der Waals surface area (Å²) in [5.41, 5.74) is -1.80. The van der Waals surface area contributed by atoms with Crippen LogP contribution >= 0.6 is 0 Å². The minimum atomic E-state index is -4.66. The van der Waals surface area contributed by atoms with E-state index in [9.17, 15) is 18.0 Å². The number of fused-ring (bicyclic) bond motifs is 1. The zero-order valence-corrected chi connectivity index (χ0v) is 12.8. The van der Waals surface area contributed by atoms with Crippen molar-refractivity contribution in [2.45, 2.75) is 13.1 Å². The molecule has 1 heterocycles. The maximum Gasteiger partial charge on any atom is 0.417 e. The number of H-pyrrole nitrogens is 1. The summed E-state index contributed by atoms with van der Waals surface area (Å²) >= 11 is 0. The fraction of sp³-hybridized carbons (Fsp3) is 0.167. The molecule has 3 rings (SSSR count). The van der Waals surface area contributed by atoms with Gasteiger partial charge in [0.2, 0.25) is 0 Å². The zero-order chi connectivity index (χ0) is 17.3. The number of hydrogen-bond donors (Lipinski definition) is 1. The number of aromatic nitrogens is 1. The molecular formula is C18H14F3NO2. The molecule has 0 radical (unpaired) electrons. The van der Waals surface area contributed by atoms with E-state index >= 15 is 0 Å². The number of rotatable bonds is 3. The molecule has 0 amide bonds. The van der Waals surface area contributed by atoms with Crippen LogP contribution in [0.15, 0.2) is 53.3 Å². The molecule has 0 unspecified atom stereocenters. The minimum absolute atomic E-state index is 0.0404. The van der Waals surface area contributed by atoms with Gasteiger partial charge in [0.15, 0.2) is 0 Å². The van der Waals surface area contributed by atoms with E-state index in [0.717, 1.165) is 0 Å². The molecule has 3 nitrogen and oxygen atoms in total. The number of aromatic amines is 1. The van der Waals surface area contributed by atoms with Gasteiger partial charge >= 0.3 is 6.18 Å². The maximum absolute atomic E-state index is 13.7. The first-order chi connectivity index (χ1) is 11.4. The molecule has 1 aromatic heterocycles. The van der Waals surface area contributed by atoms with Crippen LogP contribution < -0.4 is 10.3 Å². The molecule has 0 saturated heterocycles. The first-order valence-corrected chi connectivity index (χ1v) is 7.37. The predicted molar refractivity (Wildman–Crippen MR) is 86.2 cm³/mol. The second kappa shape index (κ2) is 6.03. The molecular weight excluding hydrogens is 319 g/mol. The molecule has 0 aliphatic rings.